The number of aliphatic imine (C=N–C) groups is 1. The third-order valence-corrected chi connectivity index (χ3v) is 7.29. The quantitative estimate of drug-likeness (QED) is 0.630. The molecule has 5 nitrogen and oxygen atoms in total. The summed E-state index contributed by atoms with van der Waals surface area (Å²) in [6, 6.07) is 19.8. The van der Waals surface area contributed by atoms with E-state index >= 15 is 0 Å². The second kappa shape index (κ2) is 7.98. The molecule has 142 valence electrons. The maximum atomic E-state index is 12.7. The molecule has 0 saturated heterocycles. The predicted octanol–water partition coefficient (Wildman–Crippen LogP) is 1.85. The number of benzene rings is 2. The lowest BCUT2D eigenvalue weighted by atomic mass is 9.86. The Bertz CT molecular complexity index is 785. The molecule has 2 aromatic rings. The molecule has 3 rings (SSSR count). The Morgan fingerprint density at radius 1 is 1.00 bits per heavy atom. The van der Waals surface area contributed by atoms with Crippen molar-refractivity contribution in [1.29, 1.82) is 0 Å². The van der Waals surface area contributed by atoms with Crippen molar-refractivity contribution < 1.29 is 9.32 Å². The van der Waals surface area contributed by atoms with Crippen molar-refractivity contribution in [1.82, 2.24) is 10.2 Å². The molecule has 1 aliphatic heterocycles. The molecule has 1 atom stereocenters. The minimum atomic E-state index is -2.08. The van der Waals surface area contributed by atoms with E-state index in [1.807, 2.05) is 64.2 Å². The van der Waals surface area contributed by atoms with Crippen molar-refractivity contribution in [2.45, 2.75) is 26.8 Å². The Morgan fingerprint density at radius 2 is 1.48 bits per heavy atom. The number of thiol groups is 1. The summed E-state index contributed by atoms with van der Waals surface area (Å²) < 4.78 is 6.60. The number of hydrogen-bond donors (Lipinski definition) is 1. The summed E-state index contributed by atoms with van der Waals surface area (Å²) in [5.41, 5.74) is -0.352. The van der Waals surface area contributed by atoms with Crippen LogP contribution in [0.2, 0.25) is 0 Å². The Morgan fingerprint density at radius 3 is 1.93 bits per heavy atom. The van der Waals surface area contributed by atoms with Gasteiger partial charge < -0.3 is 4.53 Å². The Balaban J connectivity index is 2.03. The van der Waals surface area contributed by atoms with Crippen LogP contribution in [0.5, 0.6) is 0 Å². The van der Waals surface area contributed by atoms with Gasteiger partial charge in [-0.25, -0.2) is 0 Å². The van der Waals surface area contributed by atoms with E-state index in [9.17, 15) is 4.79 Å². The van der Waals surface area contributed by atoms with Gasteiger partial charge in [0.1, 0.15) is 6.04 Å². The van der Waals surface area contributed by atoms with Gasteiger partial charge in [-0.1, -0.05) is 86.6 Å². The standard InChI is InChI=1S/C20H25N3O2SSi/c1-20(2,3)17-18(24)21-19(26)22(4)23(17)25-27(15-11-7-5-8-12-15)16-13-9-6-10-14-16/h5-14,17,27H,1-4H3,(H,21,24,26). The van der Waals surface area contributed by atoms with Gasteiger partial charge in [-0.2, -0.15) is 4.99 Å². The molecule has 1 aliphatic rings. The highest BCUT2D eigenvalue weighted by Gasteiger charge is 2.44. The third kappa shape index (κ3) is 4.32. The SMILES string of the molecule is CN1C(S)=NC(=O)C(C(C)(C)C)N1O[SiH](c1ccccc1)c1ccccc1. The van der Waals surface area contributed by atoms with E-state index in [4.69, 9.17) is 4.53 Å². The van der Waals surface area contributed by atoms with Gasteiger partial charge in [0.05, 0.1) is 0 Å². The maximum Gasteiger partial charge on any atom is 0.270 e. The summed E-state index contributed by atoms with van der Waals surface area (Å²) in [5, 5.41) is 6.00. The summed E-state index contributed by atoms with van der Waals surface area (Å²) in [4.78, 5) is 16.8. The first-order chi connectivity index (χ1) is 12.8. The molecule has 0 saturated carbocycles. The molecule has 1 unspecified atom stereocenters. The van der Waals surface area contributed by atoms with Gasteiger partial charge in [0.2, 0.25) is 0 Å². The number of hydrogen-bond acceptors (Lipinski definition) is 4. The van der Waals surface area contributed by atoms with Gasteiger partial charge in [0, 0.05) is 7.05 Å². The molecule has 0 aromatic heterocycles. The monoisotopic (exact) mass is 399 g/mol. The van der Waals surface area contributed by atoms with Gasteiger partial charge in [0.25, 0.3) is 14.9 Å². The van der Waals surface area contributed by atoms with E-state index in [0.29, 0.717) is 5.17 Å². The second-order valence-corrected chi connectivity index (χ2v) is 10.4. The first kappa shape index (κ1) is 19.8. The number of amides is 1. The van der Waals surface area contributed by atoms with Crippen LogP contribution in [-0.2, 0) is 9.32 Å². The lowest BCUT2D eigenvalue weighted by Crippen LogP contribution is -2.63. The highest BCUT2D eigenvalue weighted by atomic mass is 32.1. The van der Waals surface area contributed by atoms with Crippen molar-refractivity contribution in [2.24, 2.45) is 10.4 Å². The van der Waals surface area contributed by atoms with E-state index in [1.54, 1.807) is 10.2 Å². The van der Waals surface area contributed by atoms with E-state index in [0.717, 1.165) is 10.4 Å². The molecular weight excluding hydrogens is 374 g/mol. The molecule has 7 heteroatoms. The van der Waals surface area contributed by atoms with Gasteiger partial charge in [-0.15, -0.1) is 12.6 Å². The summed E-state index contributed by atoms with van der Waals surface area (Å²) in [6.45, 7) is 6.04. The summed E-state index contributed by atoms with van der Waals surface area (Å²) >= 11 is 4.36. The highest BCUT2D eigenvalue weighted by Crippen LogP contribution is 2.30. The molecule has 27 heavy (non-hydrogen) atoms. The lowest BCUT2D eigenvalue weighted by Gasteiger charge is -2.45. The van der Waals surface area contributed by atoms with Crippen molar-refractivity contribution in [3.05, 3.63) is 60.7 Å². The van der Waals surface area contributed by atoms with Crippen LogP contribution in [0.4, 0.5) is 0 Å². The van der Waals surface area contributed by atoms with Crippen LogP contribution in [0.3, 0.4) is 0 Å². The Labute approximate surface area is 167 Å². The smallest absolute Gasteiger partial charge is 0.270 e. The first-order valence-corrected chi connectivity index (χ1v) is 11.0. The van der Waals surface area contributed by atoms with Gasteiger partial charge in [0.15, 0.2) is 5.17 Å². The van der Waals surface area contributed by atoms with Crippen LogP contribution >= 0.6 is 12.6 Å². The summed E-state index contributed by atoms with van der Waals surface area (Å²) in [6.07, 6.45) is 0. The molecule has 0 radical (unpaired) electrons. The van der Waals surface area contributed by atoms with Crippen molar-refractivity contribution >= 4 is 43.1 Å². The summed E-state index contributed by atoms with van der Waals surface area (Å²) in [5.74, 6) is -0.237. The van der Waals surface area contributed by atoms with Crippen LogP contribution in [0.25, 0.3) is 0 Å². The molecular formula is C20H25N3O2SSi. The van der Waals surface area contributed by atoms with E-state index in [-0.39, 0.29) is 11.3 Å². The first-order valence-electron chi connectivity index (χ1n) is 8.90. The lowest BCUT2D eigenvalue weighted by molar-refractivity contribution is -0.227. The van der Waals surface area contributed by atoms with Gasteiger partial charge in [-0.3, -0.25) is 9.80 Å². The number of carbonyl (C=O) groups is 1. The number of carbonyl (C=O) groups excluding carboxylic acids is 1. The number of amidine groups is 1. The fraction of sp³-hybridized carbons (Fsp3) is 0.300. The molecule has 2 aromatic carbocycles. The Hall–Kier alpha value is -1.93. The van der Waals surface area contributed by atoms with E-state index in [1.165, 1.54) is 0 Å². The van der Waals surface area contributed by atoms with E-state index in [2.05, 4.69) is 41.9 Å². The van der Waals surface area contributed by atoms with Crippen LogP contribution < -0.4 is 10.4 Å². The van der Waals surface area contributed by atoms with Crippen molar-refractivity contribution in [2.75, 3.05) is 7.05 Å². The molecule has 0 fully saturated rings. The van der Waals surface area contributed by atoms with Crippen LogP contribution in [0, 0.1) is 5.41 Å². The van der Waals surface area contributed by atoms with E-state index < -0.39 is 15.1 Å². The minimum absolute atomic E-state index is 0.237. The maximum absolute atomic E-state index is 12.7. The fourth-order valence-corrected chi connectivity index (χ4v) is 5.54. The largest absolute Gasteiger partial charge is 0.317 e. The summed E-state index contributed by atoms with van der Waals surface area (Å²) in [7, 11) is -0.266. The van der Waals surface area contributed by atoms with Crippen molar-refractivity contribution in [3.63, 3.8) is 0 Å². The Kier molecular flexibility index (Phi) is 5.85. The van der Waals surface area contributed by atoms with Gasteiger partial charge in [-0.05, 0) is 15.8 Å². The van der Waals surface area contributed by atoms with Crippen LogP contribution in [-0.4, -0.2) is 43.4 Å². The number of nitrogens with zero attached hydrogens (tertiary/aromatic N) is 3. The highest BCUT2D eigenvalue weighted by molar-refractivity contribution is 7.96. The molecule has 1 heterocycles. The minimum Gasteiger partial charge on any atom is -0.317 e. The molecule has 0 spiro atoms. The average Bonchev–Trinajstić information content (AvgIpc) is 2.63. The number of hydrazine groups is 1. The zero-order valence-electron chi connectivity index (χ0n) is 16.0. The van der Waals surface area contributed by atoms with Crippen molar-refractivity contribution in [3.8, 4) is 0 Å². The normalized spacial score (nSPS) is 18.7. The van der Waals surface area contributed by atoms with Crippen LogP contribution in [0.1, 0.15) is 20.8 Å². The second-order valence-electron chi connectivity index (χ2n) is 7.65. The topological polar surface area (TPSA) is 45.1 Å². The average molecular weight is 400 g/mol. The number of rotatable bonds is 4. The van der Waals surface area contributed by atoms with Gasteiger partial charge >= 0.3 is 0 Å². The van der Waals surface area contributed by atoms with Crippen LogP contribution in [0.15, 0.2) is 65.7 Å². The third-order valence-electron chi connectivity index (χ3n) is 4.49. The predicted molar refractivity (Wildman–Crippen MR) is 115 cm³/mol. The molecule has 0 N–H and O–H groups in total. The zero-order valence-corrected chi connectivity index (χ0v) is 18.1. The number of hydroxylamine groups is 1. The molecule has 1 amide bonds. The fourth-order valence-electron chi connectivity index (χ4n) is 3.10. The molecule has 0 aliphatic carbocycles. The molecule has 0 bridgehead atoms. The zero-order chi connectivity index (χ0) is 19.6.